The Morgan fingerprint density at radius 1 is 1.31 bits per heavy atom. The van der Waals surface area contributed by atoms with Gasteiger partial charge < -0.3 is 9.53 Å². The van der Waals surface area contributed by atoms with E-state index in [2.05, 4.69) is 11.9 Å². The summed E-state index contributed by atoms with van der Waals surface area (Å²) >= 11 is 0. The first-order valence-corrected chi connectivity index (χ1v) is 6.30. The molecule has 0 aromatic heterocycles. The molecule has 94 valence electrons. The number of aldehydes is 1. The van der Waals surface area contributed by atoms with Crippen molar-refractivity contribution >= 4 is 12.2 Å². The molecule has 3 nitrogen and oxygen atoms in total. The summed E-state index contributed by atoms with van der Waals surface area (Å²) in [7, 11) is 1.66. The van der Waals surface area contributed by atoms with Crippen molar-refractivity contribution < 1.29 is 9.53 Å². The molecule has 0 radical (unpaired) electrons. The average Bonchev–Trinajstić information content (AvgIpc) is 2.28. The molecule has 0 saturated heterocycles. The first-order chi connectivity index (χ1) is 7.74. The van der Waals surface area contributed by atoms with Crippen molar-refractivity contribution in [3.63, 3.8) is 0 Å². The highest BCUT2D eigenvalue weighted by atomic mass is 16.5. The summed E-state index contributed by atoms with van der Waals surface area (Å²) in [6, 6.07) is 0. The monoisotopic (exact) mass is 227 g/mol. The number of unbranched alkanes of at least 4 members (excludes halogenated alkanes) is 4. The van der Waals surface area contributed by atoms with Crippen molar-refractivity contribution in [2.75, 3.05) is 7.05 Å². The SMILES string of the molecule is CCCCCCCC(C)OC(CC=O)=NC. The van der Waals surface area contributed by atoms with E-state index in [0.29, 0.717) is 5.90 Å². The van der Waals surface area contributed by atoms with Gasteiger partial charge in [-0.1, -0.05) is 32.6 Å². The molecule has 3 heteroatoms. The molecule has 0 amide bonds. The molecule has 0 aliphatic heterocycles. The fourth-order valence-electron chi connectivity index (χ4n) is 1.59. The summed E-state index contributed by atoms with van der Waals surface area (Å²) in [4.78, 5) is 14.3. The lowest BCUT2D eigenvalue weighted by molar-refractivity contribution is -0.107. The highest BCUT2D eigenvalue weighted by Gasteiger charge is 2.06. The van der Waals surface area contributed by atoms with Crippen LogP contribution in [-0.2, 0) is 9.53 Å². The van der Waals surface area contributed by atoms with Crippen LogP contribution < -0.4 is 0 Å². The normalized spacial score (nSPS) is 13.6. The maximum atomic E-state index is 10.3. The molecule has 0 aromatic carbocycles. The number of hydrogen-bond acceptors (Lipinski definition) is 3. The van der Waals surface area contributed by atoms with Gasteiger partial charge in [-0.3, -0.25) is 4.99 Å². The van der Waals surface area contributed by atoms with Gasteiger partial charge in [-0.2, -0.15) is 0 Å². The van der Waals surface area contributed by atoms with Gasteiger partial charge in [0.15, 0.2) is 5.90 Å². The molecule has 0 bridgehead atoms. The quantitative estimate of drug-likeness (QED) is 0.262. The van der Waals surface area contributed by atoms with Gasteiger partial charge in [-0.15, -0.1) is 0 Å². The molecule has 0 fully saturated rings. The topological polar surface area (TPSA) is 38.7 Å². The van der Waals surface area contributed by atoms with Crippen LogP contribution in [0.5, 0.6) is 0 Å². The Balaban J connectivity index is 3.56. The first-order valence-electron chi connectivity index (χ1n) is 6.30. The molecular formula is C13H25NO2. The van der Waals surface area contributed by atoms with Crippen molar-refractivity contribution in [1.29, 1.82) is 0 Å². The van der Waals surface area contributed by atoms with E-state index in [1.165, 1.54) is 32.1 Å². The van der Waals surface area contributed by atoms with E-state index in [9.17, 15) is 4.79 Å². The van der Waals surface area contributed by atoms with Crippen LogP contribution >= 0.6 is 0 Å². The predicted molar refractivity (Wildman–Crippen MR) is 68.0 cm³/mol. The lowest BCUT2D eigenvalue weighted by Crippen LogP contribution is -2.15. The lowest BCUT2D eigenvalue weighted by atomic mass is 10.1. The molecule has 1 unspecified atom stereocenters. The van der Waals surface area contributed by atoms with Gasteiger partial charge in [0.25, 0.3) is 0 Å². The summed E-state index contributed by atoms with van der Waals surface area (Å²) in [5, 5.41) is 0. The smallest absolute Gasteiger partial charge is 0.190 e. The molecule has 0 aliphatic carbocycles. The van der Waals surface area contributed by atoms with E-state index in [1.54, 1.807) is 7.05 Å². The Morgan fingerprint density at radius 3 is 2.56 bits per heavy atom. The third-order valence-electron chi connectivity index (χ3n) is 2.56. The maximum absolute atomic E-state index is 10.3. The van der Waals surface area contributed by atoms with Crippen LogP contribution in [-0.4, -0.2) is 25.3 Å². The number of carbonyl (C=O) groups excluding carboxylic acids is 1. The Labute approximate surface area is 99.3 Å². The molecular weight excluding hydrogens is 202 g/mol. The Kier molecular flexibility index (Phi) is 10.1. The molecule has 0 N–H and O–H groups in total. The van der Waals surface area contributed by atoms with E-state index >= 15 is 0 Å². The molecule has 0 saturated carbocycles. The van der Waals surface area contributed by atoms with Crippen molar-refractivity contribution in [3.8, 4) is 0 Å². The number of ether oxygens (including phenoxy) is 1. The molecule has 0 spiro atoms. The Bertz CT molecular complexity index is 202. The zero-order valence-electron chi connectivity index (χ0n) is 10.9. The fourth-order valence-corrected chi connectivity index (χ4v) is 1.59. The van der Waals surface area contributed by atoms with Gasteiger partial charge >= 0.3 is 0 Å². The standard InChI is InChI=1S/C13H25NO2/c1-4-5-6-7-8-9-12(2)16-13(14-3)10-11-15/h11-12H,4-10H2,1-3H3. The van der Waals surface area contributed by atoms with E-state index < -0.39 is 0 Å². The third kappa shape index (κ3) is 8.45. The van der Waals surface area contributed by atoms with Crippen LogP contribution in [0.15, 0.2) is 4.99 Å². The third-order valence-corrected chi connectivity index (χ3v) is 2.56. The van der Waals surface area contributed by atoms with Crippen LogP contribution in [0.25, 0.3) is 0 Å². The summed E-state index contributed by atoms with van der Waals surface area (Å²) in [5.41, 5.74) is 0. The van der Waals surface area contributed by atoms with Crippen LogP contribution in [0.1, 0.15) is 58.8 Å². The van der Waals surface area contributed by atoms with Crippen LogP contribution in [0.3, 0.4) is 0 Å². The summed E-state index contributed by atoms with van der Waals surface area (Å²) in [6.07, 6.45) is 8.70. The Hall–Kier alpha value is -0.860. The number of nitrogens with zero attached hydrogens (tertiary/aromatic N) is 1. The van der Waals surface area contributed by atoms with E-state index in [4.69, 9.17) is 4.74 Å². The van der Waals surface area contributed by atoms with Gasteiger partial charge in [0.1, 0.15) is 6.29 Å². The minimum atomic E-state index is 0.167. The number of hydrogen-bond donors (Lipinski definition) is 0. The van der Waals surface area contributed by atoms with Crippen LogP contribution in [0, 0.1) is 0 Å². The predicted octanol–water partition coefficient (Wildman–Crippen LogP) is 3.37. The molecule has 0 heterocycles. The van der Waals surface area contributed by atoms with Crippen molar-refractivity contribution in [1.82, 2.24) is 0 Å². The number of carbonyl (C=O) groups is 1. The van der Waals surface area contributed by atoms with Gasteiger partial charge in [-0.25, -0.2) is 0 Å². The van der Waals surface area contributed by atoms with Crippen molar-refractivity contribution in [3.05, 3.63) is 0 Å². The first kappa shape index (κ1) is 15.1. The average molecular weight is 227 g/mol. The highest BCUT2D eigenvalue weighted by molar-refractivity contribution is 5.88. The van der Waals surface area contributed by atoms with Crippen molar-refractivity contribution in [2.45, 2.75) is 64.9 Å². The summed E-state index contributed by atoms with van der Waals surface area (Å²) in [5.74, 6) is 0.552. The highest BCUT2D eigenvalue weighted by Crippen LogP contribution is 2.09. The fraction of sp³-hybridized carbons (Fsp3) is 0.846. The minimum Gasteiger partial charge on any atom is -0.478 e. The van der Waals surface area contributed by atoms with Crippen molar-refractivity contribution in [2.24, 2.45) is 4.99 Å². The second-order valence-corrected chi connectivity index (χ2v) is 4.12. The van der Waals surface area contributed by atoms with E-state index in [1.807, 2.05) is 6.92 Å². The van der Waals surface area contributed by atoms with Gasteiger partial charge in [0.05, 0.1) is 12.5 Å². The number of rotatable bonds is 9. The Morgan fingerprint density at radius 2 is 2.00 bits per heavy atom. The second kappa shape index (κ2) is 10.7. The molecule has 0 aromatic rings. The van der Waals surface area contributed by atoms with Gasteiger partial charge in [-0.05, 0) is 19.8 Å². The zero-order chi connectivity index (χ0) is 12.2. The summed E-state index contributed by atoms with van der Waals surface area (Å²) < 4.78 is 5.57. The molecule has 0 aliphatic rings. The van der Waals surface area contributed by atoms with Crippen LogP contribution in [0.2, 0.25) is 0 Å². The zero-order valence-corrected chi connectivity index (χ0v) is 10.9. The largest absolute Gasteiger partial charge is 0.478 e. The van der Waals surface area contributed by atoms with E-state index in [-0.39, 0.29) is 12.5 Å². The maximum Gasteiger partial charge on any atom is 0.190 e. The second-order valence-electron chi connectivity index (χ2n) is 4.12. The lowest BCUT2D eigenvalue weighted by Gasteiger charge is -2.14. The molecule has 16 heavy (non-hydrogen) atoms. The molecule has 1 atom stereocenters. The van der Waals surface area contributed by atoms with Gasteiger partial charge in [0.2, 0.25) is 0 Å². The van der Waals surface area contributed by atoms with Gasteiger partial charge in [0, 0.05) is 7.05 Å². The number of aliphatic imine (C=N–C) groups is 1. The minimum absolute atomic E-state index is 0.167. The summed E-state index contributed by atoms with van der Waals surface area (Å²) in [6.45, 7) is 4.25. The molecule has 0 rings (SSSR count). The van der Waals surface area contributed by atoms with E-state index in [0.717, 1.165) is 12.7 Å². The van der Waals surface area contributed by atoms with Crippen LogP contribution in [0.4, 0.5) is 0 Å².